The third-order valence-corrected chi connectivity index (χ3v) is 3.44. The van der Waals surface area contributed by atoms with Gasteiger partial charge in [-0.25, -0.2) is 0 Å². The van der Waals surface area contributed by atoms with Gasteiger partial charge in [0.25, 0.3) is 0 Å². The third-order valence-electron chi connectivity index (χ3n) is 2.07. The monoisotopic (exact) mass is 213 g/mol. The first-order chi connectivity index (χ1) is 6.79. The molecule has 0 saturated heterocycles. The molecule has 2 aromatic rings. The molecule has 0 amide bonds. The Balaban J connectivity index is 2.42. The molecule has 67 valence electrons. The van der Waals surface area contributed by atoms with Crippen molar-refractivity contribution in [3.63, 3.8) is 0 Å². The average Bonchev–Trinajstić information content (AvgIpc) is 2.70. The van der Waals surface area contributed by atoms with Gasteiger partial charge in [-0.3, -0.25) is 0 Å². The summed E-state index contributed by atoms with van der Waals surface area (Å²) in [4.78, 5) is 1.22. The second-order valence-electron chi connectivity index (χ2n) is 3.00. The Bertz CT molecular complexity index is 443. The van der Waals surface area contributed by atoms with Crippen molar-refractivity contribution in [1.29, 1.82) is 0 Å². The van der Waals surface area contributed by atoms with E-state index < -0.39 is 0 Å². The minimum atomic E-state index is 1.07. The van der Waals surface area contributed by atoms with Crippen LogP contribution in [0, 0.1) is 0 Å². The molecule has 0 atom stereocenters. The third kappa shape index (κ3) is 1.71. The number of hydrogen-bond acceptors (Lipinski definition) is 1. The maximum Gasteiger partial charge on any atom is 0.0720 e. The van der Waals surface area contributed by atoms with E-state index in [9.17, 15) is 0 Å². The van der Waals surface area contributed by atoms with E-state index in [1.54, 1.807) is 11.3 Å². The van der Waals surface area contributed by atoms with Gasteiger partial charge < -0.3 is 0 Å². The molecule has 2 rings (SSSR count). The van der Waals surface area contributed by atoms with Gasteiger partial charge in [0.15, 0.2) is 0 Å². The lowest BCUT2D eigenvalue weighted by molar-refractivity contribution is 1.67. The van der Waals surface area contributed by atoms with Gasteiger partial charge in [0.05, 0.1) is 10.2 Å². The van der Waals surface area contributed by atoms with E-state index >= 15 is 0 Å². The molecule has 0 nitrogen and oxygen atoms in total. The second-order valence-corrected chi connectivity index (χ2v) is 4.49. The fraction of sp³-hybridized carbons (Fsp3) is 0. The highest BCUT2D eigenvalue weighted by Gasteiger charge is 2.04. The number of thiophene rings is 1. The van der Waals surface area contributed by atoms with Crippen LogP contribution in [0.25, 0.3) is 5.57 Å². The van der Waals surface area contributed by atoms with Crippen molar-refractivity contribution in [1.82, 2.24) is 0 Å². The predicted octanol–water partition coefficient (Wildman–Crippen LogP) is 2.60. The van der Waals surface area contributed by atoms with Gasteiger partial charge in [-0.2, -0.15) is 0 Å². The van der Waals surface area contributed by atoms with Crippen molar-refractivity contribution in [2.75, 3.05) is 0 Å². The van der Waals surface area contributed by atoms with E-state index in [0.717, 1.165) is 16.3 Å². The van der Waals surface area contributed by atoms with E-state index in [0.29, 0.717) is 0 Å². The molecular weight excluding hydrogens is 204 g/mol. The van der Waals surface area contributed by atoms with E-state index in [2.05, 4.69) is 34.3 Å². The zero-order chi connectivity index (χ0) is 9.97. The van der Waals surface area contributed by atoms with Gasteiger partial charge in [0.2, 0.25) is 0 Å². The fourth-order valence-electron chi connectivity index (χ4n) is 1.33. The Labute approximate surface area is 91.3 Å². The highest BCUT2D eigenvalue weighted by atomic mass is 32.1. The molecule has 1 aromatic carbocycles. The lowest BCUT2D eigenvalue weighted by atomic mass is 10.1. The Morgan fingerprint density at radius 2 is 1.93 bits per heavy atom. The van der Waals surface area contributed by atoms with E-state index in [-0.39, 0.29) is 0 Å². The largest absolute Gasteiger partial charge is 0.144 e. The zero-order valence-electron chi connectivity index (χ0n) is 7.66. The highest BCUT2D eigenvalue weighted by Crippen LogP contribution is 2.23. The van der Waals surface area contributed by atoms with E-state index in [1.807, 2.05) is 24.3 Å². The van der Waals surface area contributed by atoms with Crippen LogP contribution in [0.3, 0.4) is 0 Å². The summed E-state index contributed by atoms with van der Waals surface area (Å²) in [7, 11) is 3.58. The first-order valence-corrected chi connectivity index (χ1v) is 5.71. The highest BCUT2D eigenvalue weighted by molar-refractivity contribution is 7.11. The van der Waals surface area contributed by atoms with Crippen LogP contribution in [0.15, 0.2) is 48.4 Å². The van der Waals surface area contributed by atoms with Crippen LogP contribution in [0.2, 0.25) is 0 Å². The van der Waals surface area contributed by atoms with Crippen molar-refractivity contribution >= 4 is 32.3 Å². The Hall–Kier alpha value is -1.12. The Kier molecular flexibility index (Phi) is 2.66. The van der Waals surface area contributed by atoms with Crippen LogP contribution in [0.5, 0.6) is 0 Å². The van der Waals surface area contributed by atoms with Gasteiger partial charge in [0, 0.05) is 4.88 Å². The van der Waals surface area contributed by atoms with Crippen molar-refractivity contribution < 1.29 is 0 Å². The van der Waals surface area contributed by atoms with Crippen molar-refractivity contribution in [3.8, 4) is 0 Å². The lowest BCUT2D eigenvalue weighted by Crippen LogP contribution is -2.08. The Morgan fingerprint density at radius 3 is 2.57 bits per heavy atom. The van der Waals surface area contributed by atoms with Crippen molar-refractivity contribution in [2.45, 2.75) is 0 Å². The molecule has 14 heavy (non-hydrogen) atoms. The van der Waals surface area contributed by atoms with Crippen molar-refractivity contribution in [2.24, 2.45) is 0 Å². The SMILES string of the molecule is C=C(c1cccs1)c1ccccc1[Si]. The van der Waals surface area contributed by atoms with Gasteiger partial charge in [-0.15, -0.1) is 11.3 Å². The van der Waals surface area contributed by atoms with E-state index in [1.165, 1.54) is 4.88 Å². The standard InChI is InChI=1S/C12H9SSi/c1-9(11-6-4-8-13-11)10-5-2-3-7-12(10)14/h2-8H,1H2. The molecule has 0 aliphatic carbocycles. The van der Waals surface area contributed by atoms with Crippen LogP contribution < -0.4 is 5.19 Å². The lowest BCUT2D eigenvalue weighted by Gasteiger charge is -2.06. The second kappa shape index (κ2) is 3.94. The molecule has 0 aliphatic heterocycles. The Morgan fingerprint density at radius 1 is 1.14 bits per heavy atom. The summed E-state index contributed by atoms with van der Waals surface area (Å²) in [5.41, 5.74) is 2.23. The summed E-state index contributed by atoms with van der Waals surface area (Å²) in [5, 5.41) is 3.16. The van der Waals surface area contributed by atoms with Gasteiger partial charge in [0.1, 0.15) is 0 Å². The number of hydrogen-bond donors (Lipinski definition) is 0. The first kappa shape index (κ1) is 9.43. The molecule has 0 saturated carbocycles. The summed E-state index contributed by atoms with van der Waals surface area (Å²) < 4.78 is 0. The molecule has 1 heterocycles. The first-order valence-electron chi connectivity index (χ1n) is 4.33. The summed E-state index contributed by atoms with van der Waals surface area (Å²) >= 11 is 1.71. The topological polar surface area (TPSA) is 0 Å². The summed E-state index contributed by atoms with van der Waals surface area (Å²) in [6.07, 6.45) is 0. The average molecular weight is 213 g/mol. The minimum absolute atomic E-state index is 1.07. The molecule has 3 radical (unpaired) electrons. The van der Waals surface area contributed by atoms with Crippen molar-refractivity contribution in [3.05, 3.63) is 58.8 Å². The van der Waals surface area contributed by atoms with Crippen LogP contribution in [-0.4, -0.2) is 10.2 Å². The molecular formula is C12H9SSi. The van der Waals surface area contributed by atoms with Gasteiger partial charge in [-0.1, -0.05) is 42.1 Å². The van der Waals surface area contributed by atoms with Crippen LogP contribution in [0.4, 0.5) is 0 Å². The zero-order valence-corrected chi connectivity index (χ0v) is 9.47. The maximum absolute atomic E-state index is 4.11. The smallest absolute Gasteiger partial charge is 0.0720 e. The molecule has 0 fully saturated rings. The quantitative estimate of drug-likeness (QED) is 0.673. The molecule has 2 heteroatoms. The molecule has 0 bridgehead atoms. The number of rotatable bonds is 2. The maximum atomic E-state index is 4.11. The van der Waals surface area contributed by atoms with E-state index in [4.69, 9.17) is 0 Å². The molecule has 0 aliphatic rings. The van der Waals surface area contributed by atoms with Crippen LogP contribution >= 0.6 is 11.3 Å². The minimum Gasteiger partial charge on any atom is -0.144 e. The predicted molar refractivity (Wildman–Crippen MR) is 64.3 cm³/mol. The molecule has 1 aromatic heterocycles. The molecule has 0 unspecified atom stereocenters. The van der Waals surface area contributed by atoms with Crippen LogP contribution in [-0.2, 0) is 0 Å². The fourth-order valence-corrected chi connectivity index (χ4v) is 2.37. The normalized spacial score (nSPS) is 10.1. The molecule has 0 N–H and O–H groups in total. The molecule has 0 spiro atoms. The van der Waals surface area contributed by atoms with Crippen LogP contribution in [0.1, 0.15) is 10.4 Å². The van der Waals surface area contributed by atoms with Gasteiger partial charge in [-0.05, 0) is 22.6 Å². The number of benzene rings is 1. The summed E-state index contributed by atoms with van der Waals surface area (Å²) in [6.45, 7) is 4.11. The van der Waals surface area contributed by atoms with Gasteiger partial charge >= 0.3 is 0 Å². The summed E-state index contributed by atoms with van der Waals surface area (Å²) in [5.74, 6) is 0. The summed E-state index contributed by atoms with van der Waals surface area (Å²) in [6, 6.07) is 12.3.